The minimum atomic E-state index is -0.459. The predicted molar refractivity (Wildman–Crippen MR) is 92.3 cm³/mol. The molecule has 6 nitrogen and oxygen atoms in total. The van der Waals surface area contributed by atoms with Crippen LogP contribution in [0.25, 0.3) is 11.0 Å². The molecule has 0 unspecified atom stereocenters. The molecular weight excluding hydrogens is 378 g/mol. The zero-order valence-electron chi connectivity index (χ0n) is 12.6. The summed E-state index contributed by atoms with van der Waals surface area (Å²) in [5, 5.41) is 11.6. The zero-order chi connectivity index (χ0) is 17.3. The molecule has 0 aliphatic rings. The zero-order valence-corrected chi connectivity index (χ0v) is 14.2. The number of nitro benzene ring substituents is 1. The number of ether oxygens (including phenoxy) is 1. The summed E-state index contributed by atoms with van der Waals surface area (Å²) in [5.74, 6) is 0.497. The second-order valence-corrected chi connectivity index (χ2v) is 6.14. The minimum Gasteiger partial charge on any atom is -0.489 e. The number of hydrogen-bond acceptors (Lipinski definition) is 5. The first-order valence-electron chi connectivity index (χ1n) is 7.04. The Hall–Kier alpha value is -2.67. The molecule has 0 aliphatic heterocycles. The van der Waals surface area contributed by atoms with E-state index in [9.17, 15) is 14.9 Å². The van der Waals surface area contributed by atoms with E-state index in [0.717, 1.165) is 9.86 Å². The first-order valence-corrected chi connectivity index (χ1v) is 7.83. The van der Waals surface area contributed by atoms with Gasteiger partial charge in [-0.1, -0.05) is 15.9 Å². The Morgan fingerprint density at radius 2 is 2.00 bits per heavy atom. The summed E-state index contributed by atoms with van der Waals surface area (Å²) in [4.78, 5) is 22.1. The molecule has 1 aromatic heterocycles. The molecule has 0 fully saturated rings. The number of aryl methyl sites for hydroxylation is 1. The third-order valence-corrected chi connectivity index (χ3v) is 4.04. The smallest absolute Gasteiger partial charge is 0.336 e. The van der Waals surface area contributed by atoms with E-state index in [1.165, 1.54) is 18.2 Å². The third kappa shape index (κ3) is 3.30. The SMILES string of the molecule is Cc1cc(OCc2cc(=O)oc3cc(Br)ccc23)ccc1[N+](=O)[O-]. The van der Waals surface area contributed by atoms with Crippen molar-refractivity contribution in [3.63, 3.8) is 0 Å². The molecule has 0 N–H and O–H groups in total. The Morgan fingerprint density at radius 3 is 2.71 bits per heavy atom. The minimum absolute atomic E-state index is 0.0398. The van der Waals surface area contributed by atoms with Crippen molar-refractivity contribution >= 4 is 32.6 Å². The van der Waals surface area contributed by atoms with E-state index in [-0.39, 0.29) is 12.3 Å². The second-order valence-electron chi connectivity index (χ2n) is 5.23. The number of halogens is 1. The second kappa shape index (κ2) is 6.45. The van der Waals surface area contributed by atoms with Gasteiger partial charge in [-0.05, 0) is 37.3 Å². The van der Waals surface area contributed by atoms with Gasteiger partial charge >= 0.3 is 5.63 Å². The number of benzene rings is 2. The number of hydrogen-bond donors (Lipinski definition) is 0. The Balaban J connectivity index is 1.90. The fourth-order valence-electron chi connectivity index (χ4n) is 2.41. The maximum Gasteiger partial charge on any atom is 0.336 e. The molecule has 3 rings (SSSR count). The highest BCUT2D eigenvalue weighted by Gasteiger charge is 2.12. The molecule has 0 spiro atoms. The highest BCUT2D eigenvalue weighted by atomic mass is 79.9. The average Bonchev–Trinajstić information content (AvgIpc) is 2.51. The monoisotopic (exact) mass is 389 g/mol. The summed E-state index contributed by atoms with van der Waals surface area (Å²) in [7, 11) is 0. The number of fused-ring (bicyclic) bond motifs is 1. The summed E-state index contributed by atoms with van der Waals surface area (Å²) in [5.41, 5.74) is 1.25. The standard InChI is InChI=1S/C17H12BrNO5/c1-10-6-13(3-5-15(10)19(21)22)23-9-11-7-17(20)24-16-8-12(18)2-4-14(11)16/h2-8H,9H2,1H3. The summed E-state index contributed by atoms with van der Waals surface area (Å²) >= 11 is 3.34. The van der Waals surface area contributed by atoms with Crippen molar-refractivity contribution in [1.82, 2.24) is 0 Å². The molecule has 122 valence electrons. The van der Waals surface area contributed by atoms with Crippen LogP contribution in [0.1, 0.15) is 11.1 Å². The van der Waals surface area contributed by atoms with Gasteiger partial charge in [0.25, 0.3) is 5.69 Å². The number of nitro groups is 1. The van der Waals surface area contributed by atoms with Crippen LogP contribution < -0.4 is 10.4 Å². The van der Waals surface area contributed by atoms with E-state index in [0.29, 0.717) is 22.5 Å². The Bertz CT molecular complexity index is 996. The Labute approximate surface area is 145 Å². The van der Waals surface area contributed by atoms with Gasteiger partial charge in [-0.25, -0.2) is 4.79 Å². The first-order chi connectivity index (χ1) is 11.4. The quantitative estimate of drug-likeness (QED) is 0.376. The fraction of sp³-hybridized carbons (Fsp3) is 0.118. The summed E-state index contributed by atoms with van der Waals surface area (Å²) < 4.78 is 11.7. The maximum absolute atomic E-state index is 11.7. The van der Waals surface area contributed by atoms with Crippen LogP contribution in [-0.2, 0) is 6.61 Å². The lowest BCUT2D eigenvalue weighted by atomic mass is 10.1. The van der Waals surface area contributed by atoms with Crippen molar-refractivity contribution in [3.05, 3.63) is 78.6 Å². The lowest BCUT2D eigenvalue weighted by Crippen LogP contribution is -2.04. The van der Waals surface area contributed by atoms with Crippen LogP contribution in [0.4, 0.5) is 5.69 Å². The van der Waals surface area contributed by atoms with Gasteiger partial charge < -0.3 is 9.15 Å². The number of rotatable bonds is 4. The fourth-order valence-corrected chi connectivity index (χ4v) is 2.75. The molecule has 1 heterocycles. The van der Waals surface area contributed by atoms with Gasteiger partial charge in [0.05, 0.1) is 4.92 Å². The highest BCUT2D eigenvalue weighted by molar-refractivity contribution is 9.10. The Kier molecular flexibility index (Phi) is 4.35. The molecule has 24 heavy (non-hydrogen) atoms. The number of nitrogens with zero attached hydrogens (tertiary/aromatic N) is 1. The van der Waals surface area contributed by atoms with Crippen LogP contribution in [-0.4, -0.2) is 4.92 Å². The lowest BCUT2D eigenvalue weighted by molar-refractivity contribution is -0.385. The summed E-state index contributed by atoms with van der Waals surface area (Å²) in [6.45, 7) is 1.80. The van der Waals surface area contributed by atoms with E-state index in [2.05, 4.69) is 15.9 Å². The summed E-state index contributed by atoms with van der Waals surface area (Å²) in [6, 6.07) is 11.3. The van der Waals surface area contributed by atoms with Crippen molar-refractivity contribution < 1.29 is 14.1 Å². The van der Waals surface area contributed by atoms with E-state index in [4.69, 9.17) is 9.15 Å². The van der Waals surface area contributed by atoms with Gasteiger partial charge in [0.15, 0.2) is 0 Å². The van der Waals surface area contributed by atoms with Gasteiger partial charge in [-0.2, -0.15) is 0 Å². The maximum atomic E-state index is 11.7. The van der Waals surface area contributed by atoms with Gasteiger partial charge in [0, 0.05) is 33.1 Å². The molecule has 3 aromatic rings. The highest BCUT2D eigenvalue weighted by Crippen LogP contribution is 2.25. The largest absolute Gasteiger partial charge is 0.489 e. The molecule has 0 atom stereocenters. The topological polar surface area (TPSA) is 82.6 Å². The third-order valence-electron chi connectivity index (χ3n) is 3.55. The van der Waals surface area contributed by atoms with Crippen LogP contribution in [0.3, 0.4) is 0 Å². The lowest BCUT2D eigenvalue weighted by Gasteiger charge is -2.09. The molecule has 0 amide bonds. The van der Waals surface area contributed by atoms with Crippen molar-refractivity contribution in [2.24, 2.45) is 0 Å². The van der Waals surface area contributed by atoms with Crippen molar-refractivity contribution in [3.8, 4) is 5.75 Å². The molecular formula is C17H12BrNO5. The van der Waals surface area contributed by atoms with Gasteiger partial charge in [0.1, 0.15) is 17.9 Å². The predicted octanol–water partition coefficient (Wildman–Crippen LogP) is 4.35. The molecule has 0 saturated heterocycles. The Morgan fingerprint density at radius 1 is 1.21 bits per heavy atom. The van der Waals surface area contributed by atoms with E-state index in [1.807, 2.05) is 12.1 Å². The van der Waals surface area contributed by atoms with Crippen molar-refractivity contribution in [2.75, 3.05) is 0 Å². The van der Waals surface area contributed by atoms with Crippen molar-refractivity contribution in [1.29, 1.82) is 0 Å². The van der Waals surface area contributed by atoms with Crippen LogP contribution in [0.2, 0.25) is 0 Å². The van der Waals surface area contributed by atoms with Crippen LogP contribution in [0.15, 0.2) is 56.1 Å². The molecule has 0 radical (unpaired) electrons. The molecule has 2 aromatic carbocycles. The normalized spacial score (nSPS) is 10.8. The molecule has 0 bridgehead atoms. The first kappa shape index (κ1) is 16.2. The van der Waals surface area contributed by atoms with Crippen molar-refractivity contribution in [2.45, 2.75) is 13.5 Å². The van der Waals surface area contributed by atoms with E-state index in [1.54, 1.807) is 19.1 Å². The van der Waals surface area contributed by atoms with E-state index >= 15 is 0 Å². The average molecular weight is 390 g/mol. The van der Waals surface area contributed by atoms with Crippen LogP contribution >= 0.6 is 15.9 Å². The van der Waals surface area contributed by atoms with Crippen LogP contribution in [0.5, 0.6) is 5.75 Å². The molecule has 0 aliphatic carbocycles. The van der Waals surface area contributed by atoms with Gasteiger partial charge in [-0.15, -0.1) is 0 Å². The van der Waals surface area contributed by atoms with Gasteiger partial charge in [0.2, 0.25) is 0 Å². The van der Waals surface area contributed by atoms with Crippen LogP contribution in [0, 0.1) is 17.0 Å². The summed E-state index contributed by atoms with van der Waals surface area (Å²) in [6.07, 6.45) is 0. The van der Waals surface area contributed by atoms with Gasteiger partial charge in [-0.3, -0.25) is 10.1 Å². The van der Waals surface area contributed by atoms with E-state index < -0.39 is 10.5 Å². The molecule has 7 heteroatoms. The molecule has 0 saturated carbocycles.